The lowest BCUT2D eigenvalue weighted by Crippen LogP contribution is -2.07. The van der Waals surface area contributed by atoms with E-state index in [2.05, 4.69) is 11.3 Å². The Hall–Kier alpha value is -2.30. The summed E-state index contributed by atoms with van der Waals surface area (Å²) in [5, 5.41) is 17.8. The molecule has 0 aliphatic rings. The van der Waals surface area contributed by atoms with E-state index in [0.29, 0.717) is 0 Å². The SMILES string of the molecule is C=CC(=O)Oc1cc(O)ccc1C(=O)O. The highest BCUT2D eigenvalue weighted by Crippen LogP contribution is 2.24. The summed E-state index contributed by atoms with van der Waals surface area (Å²) >= 11 is 0. The van der Waals surface area contributed by atoms with E-state index in [1.807, 2.05) is 0 Å². The van der Waals surface area contributed by atoms with Crippen LogP contribution in [-0.4, -0.2) is 22.2 Å². The first-order valence-corrected chi connectivity index (χ1v) is 3.95. The van der Waals surface area contributed by atoms with E-state index >= 15 is 0 Å². The number of aromatic hydroxyl groups is 1. The fourth-order valence-electron chi connectivity index (χ4n) is 0.922. The highest BCUT2D eigenvalue weighted by Gasteiger charge is 2.13. The van der Waals surface area contributed by atoms with Crippen LogP contribution in [0.3, 0.4) is 0 Å². The van der Waals surface area contributed by atoms with Crippen LogP contribution in [0.2, 0.25) is 0 Å². The molecule has 0 aliphatic heterocycles. The van der Waals surface area contributed by atoms with E-state index in [4.69, 9.17) is 10.2 Å². The Morgan fingerprint density at radius 2 is 2.07 bits per heavy atom. The number of hydrogen-bond acceptors (Lipinski definition) is 4. The van der Waals surface area contributed by atoms with E-state index in [-0.39, 0.29) is 17.1 Å². The van der Waals surface area contributed by atoms with Gasteiger partial charge in [-0.2, -0.15) is 0 Å². The van der Waals surface area contributed by atoms with Crippen molar-refractivity contribution in [3.8, 4) is 11.5 Å². The number of carbonyl (C=O) groups is 2. The molecule has 0 bridgehead atoms. The van der Waals surface area contributed by atoms with Crippen molar-refractivity contribution in [3.05, 3.63) is 36.4 Å². The third-order valence-electron chi connectivity index (χ3n) is 1.57. The van der Waals surface area contributed by atoms with Gasteiger partial charge in [-0.25, -0.2) is 9.59 Å². The Balaban J connectivity index is 3.12. The molecule has 0 aliphatic carbocycles. The van der Waals surface area contributed by atoms with Gasteiger partial charge in [0.05, 0.1) is 0 Å². The first kappa shape index (κ1) is 10.8. The molecule has 5 heteroatoms. The lowest BCUT2D eigenvalue weighted by molar-refractivity contribution is -0.128. The second-order valence-electron chi connectivity index (χ2n) is 2.61. The number of hydrogen-bond donors (Lipinski definition) is 2. The van der Waals surface area contributed by atoms with Crippen molar-refractivity contribution in [2.75, 3.05) is 0 Å². The first-order valence-electron chi connectivity index (χ1n) is 3.95. The van der Waals surface area contributed by atoms with Crippen molar-refractivity contribution in [1.82, 2.24) is 0 Å². The van der Waals surface area contributed by atoms with Gasteiger partial charge in [0.2, 0.25) is 0 Å². The Morgan fingerprint density at radius 3 is 2.60 bits per heavy atom. The van der Waals surface area contributed by atoms with Crippen LogP contribution in [0, 0.1) is 0 Å². The van der Waals surface area contributed by atoms with Crippen molar-refractivity contribution in [2.45, 2.75) is 0 Å². The van der Waals surface area contributed by atoms with E-state index in [1.165, 1.54) is 6.07 Å². The molecule has 0 saturated heterocycles. The molecule has 0 unspecified atom stereocenters. The number of ether oxygens (including phenoxy) is 1. The molecule has 0 aromatic heterocycles. The molecule has 0 saturated carbocycles. The Kier molecular flexibility index (Phi) is 3.07. The van der Waals surface area contributed by atoms with Gasteiger partial charge < -0.3 is 14.9 Å². The van der Waals surface area contributed by atoms with E-state index in [0.717, 1.165) is 18.2 Å². The zero-order valence-electron chi connectivity index (χ0n) is 7.64. The van der Waals surface area contributed by atoms with E-state index in [9.17, 15) is 9.59 Å². The average molecular weight is 208 g/mol. The fraction of sp³-hybridized carbons (Fsp3) is 0. The molecule has 1 aromatic rings. The Morgan fingerprint density at radius 1 is 1.40 bits per heavy atom. The van der Waals surface area contributed by atoms with Crippen LogP contribution in [0.4, 0.5) is 0 Å². The van der Waals surface area contributed by atoms with Crippen LogP contribution in [0.15, 0.2) is 30.9 Å². The highest BCUT2D eigenvalue weighted by molar-refractivity contribution is 5.93. The molecule has 2 N–H and O–H groups in total. The van der Waals surface area contributed by atoms with Crippen LogP contribution in [0.5, 0.6) is 11.5 Å². The van der Waals surface area contributed by atoms with Gasteiger partial charge >= 0.3 is 11.9 Å². The number of esters is 1. The van der Waals surface area contributed by atoms with Gasteiger partial charge in [-0.05, 0) is 12.1 Å². The summed E-state index contributed by atoms with van der Waals surface area (Å²) in [5.41, 5.74) is -0.206. The number of phenolic OH excluding ortho intramolecular Hbond substituents is 1. The number of carboxylic acid groups (broad SMARTS) is 1. The number of rotatable bonds is 3. The zero-order valence-corrected chi connectivity index (χ0v) is 7.64. The van der Waals surface area contributed by atoms with Crippen molar-refractivity contribution < 1.29 is 24.5 Å². The topological polar surface area (TPSA) is 83.8 Å². The van der Waals surface area contributed by atoms with E-state index in [1.54, 1.807) is 0 Å². The van der Waals surface area contributed by atoms with Crippen LogP contribution < -0.4 is 4.74 Å². The molecule has 0 radical (unpaired) electrons. The fourth-order valence-corrected chi connectivity index (χ4v) is 0.922. The first-order chi connectivity index (χ1) is 7.04. The molecule has 1 aromatic carbocycles. The maximum Gasteiger partial charge on any atom is 0.339 e. The summed E-state index contributed by atoms with van der Waals surface area (Å²) < 4.78 is 4.64. The number of carboxylic acids is 1. The van der Waals surface area contributed by atoms with Gasteiger partial charge in [-0.1, -0.05) is 6.58 Å². The monoisotopic (exact) mass is 208 g/mol. The smallest absolute Gasteiger partial charge is 0.339 e. The molecule has 0 amide bonds. The van der Waals surface area contributed by atoms with E-state index < -0.39 is 11.9 Å². The zero-order chi connectivity index (χ0) is 11.4. The molecule has 78 valence electrons. The normalized spacial score (nSPS) is 9.33. The molecule has 0 spiro atoms. The predicted molar refractivity (Wildman–Crippen MR) is 50.9 cm³/mol. The number of benzene rings is 1. The van der Waals surface area contributed by atoms with Gasteiger partial charge in [0, 0.05) is 12.1 Å². The molecular formula is C10H8O5. The number of phenols is 1. The van der Waals surface area contributed by atoms with Gasteiger partial charge in [0.1, 0.15) is 17.1 Å². The minimum Gasteiger partial charge on any atom is -0.508 e. The standard InChI is InChI=1S/C10H8O5/c1-2-9(12)15-8-5-6(11)3-4-7(8)10(13)14/h2-5,11H,1H2,(H,13,14). The van der Waals surface area contributed by atoms with Crippen molar-refractivity contribution in [1.29, 1.82) is 0 Å². The lowest BCUT2D eigenvalue weighted by Gasteiger charge is -2.05. The summed E-state index contributed by atoms with van der Waals surface area (Å²) in [7, 11) is 0. The molecule has 5 nitrogen and oxygen atoms in total. The maximum absolute atomic E-state index is 10.9. The molecule has 0 atom stereocenters. The predicted octanol–water partition coefficient (Wildman–Crippen LogP) is 1.18. The lowest BCUT2D eigenvalue weighted by atomic mass is 10.2. The summed E-state index contributed by atoms with van der Waals surface area (Å²) in [6, 6.07) is 3.38. The van der Waals surface area contributed by atoms with Crippen LogP contribution in [0.1, 0.15) is 10.4 Å². The van der Waals surface area contributed by atoms with Gasteiger partial charge in [0.25, 0.3) is 0 Å². The largest absolute Gasteiger partial charge is 0.508 e. The summed E-state index contributed by atoms with van der Waals surface area (Å²) in [6.45, 7) is 3.17. The second-order valence-corrected chi connectivity index (χ2v) is 2.61. The third-order valence-corrected chi connectivity index (χ3v) is 1.57. The Bertz CT molecular complexity index is 422. The summed E-state index contributed by atoms with van der Waals surface area (Å²) in [5.74, 6) is -2.44. The summed E-state index contributed by atoms with van der Waals surface area (Å²) in [6.07, 6.45) is 0.898. The van der Waals surface area contributed by atoms with Crippen LogP contribution >= 0.6 is 0 Å². The van der Waals surface area contributed by atoms with Crippen molar-refractivity contribution >= 4 is 11.9 Å². The highest BCUT2D eigenvalue weighted by atomic mass is 16.5. The second kappa shape index (κ2) is 4.28. The summed E-state index contributed by atoms with van der Waals surface area (Å²) in [4.78, 5) is 21.6. The van der Waals surface area contributed by atoms with Gasteiger partial charge in [0.15, 0.2) is 0 Å². The van der Waals surface area contributed by atoms with Crippen molar-refractivity contribution in [3.63, 3.8) is 0 Å². The molecule has 0 heterocycles. The molecule has 15 heavy (non-hydrogen) atoms. The average Bonchev–Trinajstić information content (AvgIpc) is 2.17. The Labute approximate surface area is 85.2 Å². The van der Waals surface area contributed by atoms with Crippen molar-refractivity contribution in [2.24, 2.45) is 0 Å². The van der Waals surface area contributed by atoms with Gasteiger partial charge in [-0.3, -0.25) is 0 Å². The van der Waals surface area contributed by atoms with Crippen LogP contribution in [0.25, 0.3) is 0 Å². The minimum atomic E-state index is -1.25. The molecule has 1 rings (SSSR count). The number of carbonyl (C=O) groups excluding carboxylic acids is 1. The molecular weight excluding hydrogens is 200 g/mol. The minimum absolute atomic E-state index is 0.188. The molecule has 0 fully saturated rings. The van der Waals surface area contributed by atoms with Crippen LogP contribution in [-0.2, 0) is 4.79 Å². The number of aromatic carboxylic acids is 1. The maximum atomic E-state index is 10.9. The quantitative estimate of drug-likeness (QED) is 0.442. The van der Waals surface area contributed by atoms with Gasteiger partial charge in [-0.15, -0.1) is 0 Å². The third kappa shape index (κ3) is 2.57.